The number of hydrogen-bond acceptors (Lipinski definition) is 7. The number of pyridine rings is 2. The van der Waals surface area contributed by atoms with Gasteiger partial charge in [-0.2, -0.15) is 0 Å². The van der Waals surface area contributed by atoms with Gasteiger partial charge < -0.3 is 19.9 Å². The maximum Gasteiger partial charge on any atom is 0.365 e. The van der Waals surface area contributed by atoms with Crippen LogP contribution in [0, 0.1) is 5.41 Å². The van der Waals surface area contributed by atoms with Gasteiger partial charge in [0, 0.05) is 55.7 Å². The summed E-state index contributed by atoms with van der Waals surface area (Å²) in [6.07, 6.45) is 5.11. The van der Waals surface area contributed by atoms with Crippen LogP contribution in [0.15, 0.2) is 77.8 Å². The summed E-state index contributed by atoms with van der Waals surface area (Å²) in [6, 6.07) is 15.0. The SMILES string of the molecule is N=C(Nc1ccccn1)N1CCN(/C=C2/N=C(c3ccnc4ccccc34)OC2=O)CC1. The molecule has 3 aromatic rings. The Bertz CT molecular complexity index is 1230. The Kier molecular flexibility index (Phi) is 5.20. The van der Waals surface area contributed by atoms with Crippen molar-refractivity contribution < 1.29 is 9.53 Å². The van der Waals surface area contributed by atoms with Crippen LogP contribution in [0.5, 0.6) is 0 Å². The van der Waals surface area contributed by atoms with E-state index in [2.05, 4.69) is 20.3 Å². The number of benzene rings is 1. The number of ether oxygens (including phenoxy) is 1. The van der Waals surface area contributed by atoms with Crippen LogP contribution < -0.4 is 5.32 Å². The van der Waals surface area contributed by atoms with Gasteiger partial charge in [0.15, 0.2) is 11.7 Å². The number of piperazine rings is 1. The van der Waals surface area contributed by atoms with Crippen LogP contribution in [0.1, 0.15) is 5.56 Å². The summed E-state index contributed by atoms with van der Waals surface area (Å²) in [5, 5.41) is 12.2. The summed E-state index contributed by atoms with van der Waals surface area (Å²) in [5.74, 6) is 0.773. The lowest BCUT2D eigenvalue weighted by molar-refractivity contribution is -0.130. The number of guanidine groups is 1. The number of para-hydroxylation sites is 1. The molecule has 0 spiro atoms. The molecule has 160 valence electrons. The highest BCUT2D eigenvalue weighted by molar-refractivity contribution is 6.15. The quantitative estimate of drug-likeness (QED) is 0.286. The highest BCUT2D eigenvalue weighted by atomic mass is 16.6. The van der Waals surface area contributed by atoms with Crippen LogP contribution in [0.25, 0.3) is 10.9 Å². The minimum Gasteiger partial charge on any atom is -0.402 e. The molecule has 32 heavy (non-hydrogen) atoms. The van der Waals surface area contributed by atoms with Crippen LogP contribution in [-0.2, 0) is 9.53 Å². The number of anilines is 1. The molecule has 0 saturated carbocycles. The molecule has 0 amide bonds. The van der Waals surface area contributed by atoms with Crippen molar-refractivity contribution in [1.82, 2.24) is 19.8 Å². The third-order valence-electron chi connectivity index (χ3n) is 5.35. The fraction of sp³-hybridized carbons (Fsp3) is 0.174. The minimum atomic E-state index is -0.465. The normalized spacial score (nSPS) is 17.4. The molecular weight excluding hydrogens is 406 g/mol. The van der Waals surface area contributed by atoms with E-state index in [1.54, 1.807) is 24.7 Å². The number of fused-ring (bicyclic) bond motifs is 1. The van der Waals surface area contributed by atoms with E-state index in [-0.39, 0.29) is 5.70 Å². The first-order valence-corrected chi connectivity index (χ1v) is 10.3. The topological polar surface area (TPSA) is 107 Å². The Labute approximate surface area is 184 Å². The molecular formula is C23H21N7O2. The van der Waals surface area contributed by atoms with Gasteiger partial charge in [0.05, 0.1) is 5.52 Å². The number of nitrogens with zero attached hydrogens (tertiary/aromatic N) is 5. The molecule has 4 heterocycles. The van der Waals surface area contributed by atoms with Crippen LogP contribution in [0.4, 0.5) is 5.82 Å². The summed E-state index contributed by atoms with van der Waals surface area (Å²) in [6.45, 7) is 2.60. The number of hydrogen-bond donors (Lipinski definition) is 2. The predicted octanol–water partition coefficient (Wildman–Crippen LogP) is 2.44. The maximum atomic E-state index is 12.4. The average molecular weight is 427 g/mol. The Morgan fingerprint density at radius 3 is 2.62 bits per heavy atom. The van der Waals surface area contributed by atoms with E-state index in [9.17, 15) is 4.79 Å². The van der Waals surface area contributed by atoms with Crippen molar-refractivity contribution in [2.45, 2.75) is 0 Å². The second kappa shape index (κ2) is 8.46. The molecule has 5 rings (SSSR count). The molecule has 9 nitrogen and oxygen atoms in total. The molecule has 0 unspecified atom stereocenters. The van der Waals surface area contributed by atoms with Gasteiger partial charge in [-0.3, -0.25) is 10.4 Å². The number of carbonyl (C=O) groups excluding carboxylic acids is 1. The van der Waals surface area contributed by atoms with Gasteiger partial charge in [-0.15, -0.1) is 0 Å². The molecule has 2 N–H and O–H groups in total. The average Bonchev–Trinajstić information content (AvgIpc) is 3.19. The smallest absolute Gasteiger partial charge is 0.365 e. The van der Waals surface area contributed by atoms with Crippen molar-refractivity contribution in [3.05, 3.63) is 78.4 Å². The van der Waals surface area contributed by atoms with E-state index in [0.717, 1.165) is 16.5 Å². The number of carbonyl (C=O) groups is 1. The van der Waals surface area contributed by atoms with Gasteiger partial charge in [-0.05, 0) is 24.3 Å². The van der Waals surface area contributed by atoms with Gasteiger partial charge in [0.1, 0.15) is 5.82 Å². The van der Waals surface area contributed by atoms with E-state index in [1.807, 2.05) is 52.3 Å². The number of aliphatic imine (C=N–C) groups is 1. The second-order valence-corrected chi connectivity index (χ2v) is 7.41. The minimum absolute atomic E-state index is 0.274. The lowest BCUT2D eigenvalue weighted by Crippen LogP contribution is -2.48. The van der Waals surface area contributed by atoms with Crippen LogP contribution >= 0.6 is 0 Å². The maximum absolute atomic E-state index is 12.4. The molecule has 1 saturated heterocycles. The van der Waals surface area contributed by atoms with Crippen LogP contribution in [0.2, 0.25) is 0 Å². The zero-order valence-corrected chi connectivity index (χ0v) is 17.2. The molecule has 9 heteroatoms. The monoisotopic (exact) mass is 427 g/mol. The van der Waals surface area contributed by atoms with E-state index in [1.165, 1.54) is 0 Å². The zero-order chi connectivity index (χ0) is 21.9. The molecule has 0 atom stereocenters. The van der Waals surface area contributed by atoms with Crippen LogP contribution in [-0.4, -0.2) is 63.8 Å². The molecule has 2 aliphatic heterocycles. The lowest BCUT2D eigenvalue weighted by atomic mass is 10.1. The molecule has 0 radical (unpaired) electrons. The van der Waals surface area contributed by atoms with Gasteiger partial charge in [-0.1, -0.05) is 24.3 Å². The Morgan fingerprint density at radius 2 is 1.81 bits per heavy atom. The van der Waals surface area contributed by atoms with Gasteiger partial charge in [0.2, 0.25) is 5.90 Å². The first kappa shape index (κ1) is 19.7. The Balaban J connectivity index is 1.26. The van der Waals surface area contributed by atoms with E-state index in [4.69, 9.17) is 10.1 Å². The molecule has 2 aromatic heterocycles. The molecule has 1 aromatic carbocycles. The highest BCUT2D eigenvalue weighted by Gasteiger charge is 2.27. The van der Waals surface area contributed by atoms with Gasteiger partial charge in [-0.25, -0.2) is 14.8 Å². The van der Waals surface area contributed by atoms with Gasteiger partial charge >= 0.3 is 5.97 Å². The van der Waals surface area contributed by atoms with E-state index in [0.29, 0.717) is 43.9 Å². The standard InChI is InChI=1S/C23H21N7O2/c24-23(28-20-7-3-4-9-26-20)30-13-11-29(12-14-30)15-19-22(31)32-21(27-19)17-8-10-25-18-6-2-1-5-16(17)18/h1-10,15H,11-14H2,(H2,24,26,28)/b19-15+. The number of aromatic nitrogens is 2. The molecule has 0 bridgehead atoms. The van der Waals surface area contributed by atoms with Crippen molar-refractivity contribution >= 4 is 34.5 Å². The third-order valence-corrected chi connectivity index (χ3v) is 5.35. The molecule has 0 aliphatic carbocycles. The summed E-state index contributed by atoms with van der Waals surface area (Å²) in [7, 11) is 0. The van der Waals surface area contributed by atoms with Crippen molar-refractivity contribution in [2.75, 3.05) is 31.5 Å². The van der Waals surface area contributed by atoms with E-state index < -0.39 is 5.97 Å². The van der Waals surface area contributed by atoms with Crippen LogP contribution in [0.3, 0.4) is 0 Å². The number of rotatable bonds is 3. The summed E-state index contributed by atoms with van der Waals surface area (Å²) < 4.78 is 5.46. The molecule has 1 fully saturated rings. The van der Waals surface area contributed by atoms with Crippen molar-refractivity contribution in [2.24, 2.45) is 4.99 Å². The second-order valence-electron chi connectivity index (χ2n) is 7.41. The van der Waals surface area contributed by atoms with Gasteiger partial charge in [0.25, 0.3) is 0 Å². The summed E-state index contributed by atoms with van der Waals surface area (Å²) in [4.78, 5) is 29.4. The fourth-order valence-corrected chi connectivity index (χ4v) is 3.68. The Morgan fingerprint density at radius 1 is 1.00 bits per heavy atom. The largest absolute Gasteiger partial charge is 0.402 e. The molecule has 2 aliphatic rings. The van der Waals surface area contributed by atoms with E-state index >= 15 is 0 Å². The van der Waals surface area contributed by atoms with Crippen molar-refractivity contribution in [3.63, 3.8) is 0 Å². The number of nitrogens with one attached hydrogen (secondary N) is 2. The zero-order valence-electron chi connectivity index (χ0n) is 17.2. The first-order chi connectivity index (χ1) is 15.7. The third kappa shape index (κ3) is 4.00. The predicted molar refractivity (Wildman–Crippen MR) is 121 cm³/mol. The lowest BCUT2D eigenvalue weighted by Gasteiger charge is -2.35. The highest BCUT2D eigenvalue weighted by Crippen LogP contribution is 2.23. The summed E-state index contributed by atoms with van der Waals surface area (Å²) >= 11 is 0. The summed E-state index contributed by atoms with van der Waals surface area (Å²) in [5.41, 5.74) is 1.83. The number of cyclic esters (lactones) is 1. The fourth-order valence-electron chi connectivity index (χ4n) is 3.68. The first-order valence-electron chi connectivity index (χ1n) is 10.3. The Hall–Kier alpha value is -4.27. The van der Waals surface area contributed by atoms with Crippen molar-refractivity contribution in [3.8, 4) is 0 Å². The number of esters is 1. The van der Waals surface area contributed by atoms with Crippen molar-refractivity contribution in [1.29, 1.82) is 5.41 Å².